The number of aliphatic carboxylic acids is 1. The number of carboxylic acids is 1. The van der Waals surface area contributed by atoms with Crippen LogP contribution in [-0.2, 0) is 17.6 Å². The molecule has 102 valence electrons. The minimum absolute atomic E-state index is 0.442. The first-order valence-corrected chi connectivity index (χ1v) is 6.66. The van der Waals surface area contributed by atoms with Gasteiger partial charge in [0.15, 0.2) is 0 Å². The lowest BCUT2D eigenvalue weighted by Gasteiger charge is -2.11. The highest BCUT2D eigenvalue weighted by atomic mass is 16.4. The standard InChI is InChI=1S/C18H18O2/c1-14(18(19)20)17(12-15-8-4-2-5-9-15)13-16-10-6-3-7-11-16/h2-11H,12-13H2,1H3,(H,19,20). The first kappa shape index (κ1) is 14.1. The molecular weight excluding hydrogens is 248 g/mol. The van der Waals surface area contributed by atoms with E-state index in [-0.39, 0.29) is 0 Å². The topological polar surface area (TPSA) is 37.3 Å². The van der Waals surface area contributed by atoms with E-state index in [4.69, 9.17) is 0 Å². The lowest BCUT2D eigenvalue weighted by Crippen LogP contribution is -2.06. The van der Waals surface area contributed by atoms with E-state index in [9.17, 15) is 9.90 Å². The van der Waals surface area contributed by atoms with Crippen molar-refractivity contribution in [2.24, 2.45) is 0 Å². The Morgan fingerprint density at radius 3 is 1.60 bits per heavy atom. The van der Waals surface area contributed by atoms with Gasteiger partial charge >= 0.3 is 5.97 Å². The largest absolute Gasteiger partial charge is 0.478 e. The summed E-state index contributed by atoms with van der Waals surface area (Å²) in [6.45, 7) is 1.68. The van der Waals surface area contributed by atoms with Gasteiger partial charge in [-0.1, -0.05) is 66.2 Å². The summed E-state index contributed by atoms with van der Waals surface area (Å²) in [5.41, 5.74) is 3.67. The van der Waals surface area contributed by atoms with E-state index in [1.54, 1.807) is 6.92 Å². The number of hydrogen-bond donors (Lipinski definition) is 1. The summed E-state index contributed by atoms with van der Waals surface area (Å²) in [6, 6.07) is 20.0. The summed E-state index contributed by atoms with van der Waals surface area (Å²) in [5, 5.41) is 9.25. The van der Waals surface area contributed by atoms with Gasteiger partial charge in [-0.2, -0.15) is 0 Å². The van der Waals surface area contributed by atoms with Gasteiger partial charge in [-0.05, 0) is 30.9 Å². The summed E-state index contributed by atoms with van der Waals surface area (Å²) in [6.07, 6.45) is 1.35. The van der Waals surface area contributed by atoms with Crippen LogP contribution in [0.4, 0.5) is 0 Å². The molecule has 20 heavy (non-hydrogen) atoms. The highest BCUT2D eigenvalue weighted by Crippen LogP contribution is 2.18. The molecule has 0 atom stereocenters. The summed E-state index contributed by atoms with van der Waals surface area (Å²) in [5.74, 6) is -0.841. The fourth-order valence-electron chi connectivity index (χ4n) is 2.16. The van der Waals surface area contributed by atoms with Gasteiger partial charge in [0, 0.05) is 5.57 Å². The second-order valence-electron chi connectivity index (χ2n) is 4.86. The molecule has 0 aliphatic carbocycles. The zero-order valence-corrected chi connectivity index (χ0v) is 11.5. The maximum Gasteiger partial charge on any atom is 0.331 e. The predicted octanol–water partition coefficient (Wildman–Crippen LogP) is 3.87. The number of allylic oxidation sites excluding steroid dienone is 1. The molecular formula is C18H18O2. The number of rotatable bonds is 5. The monoisotopic (exact) mass is 266 g/mol. The second kappa shape index (κ2) is 6.71. The van der Waals surface area contributed by atoms with Crippen LogP contribution in [0, 0.1) is 0 Å². The van der Waals surface area contributed by atoms with Crippen LogP contribution in [-0.4, -0.2) is 11.1 Å². The van der Waals surface area contributed by atoms with E-state index in [0.29, 0.717) is 18.4 Å². The third-order valence-electron chi connectivity index (χ3n) is 3.37. The van der Waals surface area contributed by atoms with Crippen LogP contribution in [0.25, 0.3) is 0 Å². The number of hydrogen-bond acceptors (Lipinski definition) is 1. The summed E-state index contributed by atoms with van der Waals surface area (Å²) in [7, 11) is 0. The average molecular weight is 266 g/mol. The molecule has 2 aromatic carbocycles. The van der Waals surface area contributed by atoms with E-state index in [2.05, 4.69) is 0 Å². The van der Waals surface area contributed by atoms with Crippen LogP contribution < -0.4 is 0 Å². The Kier molecular flexibility index (Phi) is 4.72. The molecule has 1 N–H and O–H groups in total. The van der Waals surface area contributed by atoms with E-state index in [0.717, 1.165) is 16.7 Å². The first-order chi connectivity index (χ1) is 9.66. The van der Waals surface area contributed by atoms with Crippen LogP contribution >= 0.6 is 0 Å². The third kappa shape index (κ3) is 3.82. The molecule has 0 aliphatic rings. The molecule has 0 radical (unpaired) electrons. The molecule has 0 spiro atoms. The minimum atomic E-state index is -0.841. The van der Waals surface area contributed by atoms with Crippen LogP contribution in [0.15, 0.2) is 71.8 Å². The van der Waals surface area contributed by atoms with Crippen LogP contribution in [0.2, 0.25) is 0 Å². The summed E-state index contributed by atoms with van der Waals surface area (Å²) < 4.78 is 0. The van der Waals surface area contributed by atoms with Crippen LogP contribution in [0.1, 0.15) is 18.1 Å². The van der Waals surface area contributed by atoms with Crippen molar-refractivity contribution in [3.05, 3.63) is 82.9 Å². The molecule has 0 aromatic heterocycles. The first-order valence-electron chi connectivity index (χ1n) is 6.66. The molecule has 2 nitrogen and oxygen atoms in total. The van der Waals surface area contributed by atoms with Gasteiger partial charge in [0.05, 0.1) is 0 Å². The lowest BCUT2D eigenvalue weighted by atomic mass is 9.94. The van der Waals surface area contributed by atoms with Crippen molar-refractivity contribution in [1.29, 1.82) is 0 Å². The SMILES string of the molecule is CC(C(=O)O)=C(Cc1ccccc1)Cc1ccccc1. The maximum atomic E-state index is 11.3. The van der Waals surface area contributed by atoms with E-state index >= 15 is 0 Å². The Morgan fingerprint density at radius 2 is 1.25 bits per heavy atom. The quantitative estimate of drug-likeness (QED) is 0.834. The molecule has 0 saturated carbocycles. The second-order valence-corrected chi connectivity index (χ2v) is 4.86. The van der Waals surface area contributed by atoms with Gasteiger partial charge in [0.1, 0.15) is 0 Å². The smallest absolute Gasteiger partial charge is 0.331 e. The molecule has 2 rings (SSSR count). The van der Waals surface area contributed by atoms with E-state index in [1.165, 1.54) is 0 Å². The maximum absolute atomic E-state index is 11.3. The summed E-state index contributed by atoms with van der Waals surface area (Å²) in [4.78, 5) is 11.3. The van der Waals surface area contributed by atoms with Crippen molar-refractivity contribution in [3.8, 4) is 0 Å². The van der Waals surface area contributed by atoms with Crippen molar-refractivity contribution in [2.75, 3.05) is 0 Å². The Morgan fingerprint density at radius 1 is 0.850 bits per heavy atom. The molecule has 2 heteroatoms. The normalized spacial score (nSPS) is 10.1. The molecule has 0 amide bonds. The Labute approximate surface area is 119 Å². The van der Waals surface area contributed by atoms with Gasteiger partial charge in [0.25, 0.3) is 0 Å². The van der Waals surface area contributed by atoms with Crippen molar-refractivity contribution < 1.29 is 9.90 Å². The molecule has 0 fully saturated rings. The van der Waals surface area contributed by atoms with Crippen molar-refractivity contribution in [2.45, 2.75) is 19.8 Å². The molecule has 2 aromatic rings. The Balaban J connectivity index is 2.27. The lowest BCUT2D eigenvalue weighted by molar-refractivity contribution is -0.132. The van der Waals surface area contributed by atoms with E-state index in [1.807, 2.05) is 60.7 Å². The van der Waals surface area contributed by atoms with E-state index < -0.39 is 5.97 Å². The molecule has 0 unspecified atom stereocenters. The molecule has 0 heterocycles. The Hall–Kier alpha value is -2.35. The van der Waals surface area contributed by atoms with Crippen molar-refractivity contribution in [3.63, 3.8) is 0 Å². The minimum Gasteiger partial charge on any atom is -0.478 e. The number of carboxylic acid groups (broad SMARTS) is 1. The molecule has 0 saturated heterocycles. The molecule has 0 aliphatic heterocycles. The predicted molar refractivity (Wildman–Crippen MR) is 80.6 cm³/mol. The summed E-state index contributed by atoms with van der Waals surface area (Å²) >= 11 is 0. The number of carbonyl (C=O) groups is 1. The fraction of sp³-hybridized carbons (Fsp3) is 0.167. The van der Waals surface area contributed by atoms with Gasteiger partial charge < -0.3 is 5.11 Å². The van der Waals surface area contributed by atoms with Crippen molar-refractivity contribution >= 4 is 5.97 Å². The number of benzene rings is 2. The van der Waals surface area contributed by atoms with Gasteiger partial charge in [-0.3, -0.25) is 0 Å². The van der Waals surface area contributed by atoms with Crippen LogP contribution in [0.3, 0.4) is 0 Å². The third-order valence-corrected chi connectivity index (χ3v) is 3.37. The zero-order chi connectivity index (χ0) is 14.4. The molecule has 0 bridgehead atoms. The van der Waals surface area contributed by atoms with Gasteiger partial charge in [0.2, 0.25) is 0 Å². The Bertz CT molecular complexity index is 554. The van der Waals surface area contributed by atoms with Gasteiger partial charge in [-0.15, -0.1) is 0 Å². The van der Waals surface area contributed by atoms with Gasteiger partial charge in [-0.25, -0.2) is 4.79 Å². The fourth-order valence-corrected chi connectivity index (χ4v) is 2.16. The average Bonchev–Trinajstić information content (AvgIpc) is 2.48. The highest BCUT2D eigenvalue weighted by Gasteiger charge is 2.11. The van der Waals surface area contributed by atoms with Crippen LogP contribution in [0.5, 0.6) is 0 Å². The van der Waals surface area contributed by atoms with Crippen molar-refractivity contribution in [1.82, 2.24) is 0 Å². The highest BCUT2D eigenvalue weighted by molar-refractivity contribution is 5.87. The zero-order valence-electron chi connectivity index (χ0n) is 11.5.